The smallest absolute Gasteiger partial charge is 0.0282 e. The molecule has 0 amide bonds. The van der Waals surface area contributed by atoms with Crippen LogP contribution < -0.4 is 11.1 Å². The number of rotatable bonds is 3. The average molecular weight is 140 g/mol. The van der Waals surface area contributed by atoms with Crippen LogP contribution >= 0.6 is 0 Å². The summed E-state index contributed by atoms with van der Waals surface area (Å²) in [7, 11) is 0. The Morgan fingerprint density at radius 3 is 2.30 bits per heavy atom. The van der Waals surface area contributed by atoms with Gasteiger partial charge in [-0.3, -0.25) is 0 Å². The molecule has 0 radical (unpaired) electrons. The van der Waals surface area contributed by atoms with Crippen molar-refractivity contribution in [1.82, 2.24) is 5.32 Å². The van der Waals surface area contributed by atoms with Crippen molar-refractivity contribution >= 4 is 0 Å². The summed E-state index contributed by atoms with van der Waals surface area (Å²) in [5.74, 6) is 0. The van der Waals surface area contributed by atoms with Gasteiger partial charge in [-0.15, -0.1) is 0 Å². The van der Waals surface area contributed by atoms with E-state index in [9.17, 15) is 0 Å². The first-order valence-corrected chi connectivity index (χ1v) is 4.16. The first kappa shape index (κ1) is 6.62. The molecule has 58 valence electrons. The van der Waals surface area contributed by atoms with Gasteiger partial charge in [0.1, 0.15) is 0 Å². The third-order valence-electron chi connectivity index (χ3n) is 2.76. The number of nitrogens with two attached hydrogens (primary N) is 1. The highest BCUT2D eigenvalue weighted by Crippen LogP contribution is 2.37. The molecular formula is C8H16N2. The van der Waals surface area contributed by atoms with Gasteiger partial charge in [-0.25, -0.2) is 0 Å². The minimum Gasteiger partial charge on any atom is -0.324 e. The zero-order chi connectivity index (χ0) is 7.24. The number of hydrogen-bond acceptors (Lipinski definition) is 2. The zero-order valence-electron chi connectivity index (χ0n) is 6.61. The Hall–Kier alpha value is -0.0800. The van der Waals surface area contributed by atoms with Crippen molar-refractivity contribution in [3.05, 3.63) is 0 Å². The van der Waals surface area contributed by atoms with E-state index in [0.29, 0.717) is 5.54 Å². The van der Waals surface area contributed by atoms with Gasteiger partial charge in [0.2, 0.25) is 0 Å². The fraction of sp³-hybridized carbons (Fsp3) is 1.00. The van der Waals surface area contributed by atoms with Crippen LogP contribution in [-0.2, 0) is 0 Å². The molecule has 0 aromatic carbocycles. The lowest BCUT2D eigenvalue weighted by atomic mass is 10.2. The summed E-state index contributed by atoms with van der Waals surface area (Å²) in [5, 5.41) is 3.51. The number of nitrogens with one attached hydrogen (secondary N) is 1. The summed E-state index contributed by atoms with van der Waals surface area (Å²) < 4.78 is 0. The highest BCUT2D eigenvalue weighted by molar-refractivity contribution is 5.05. The van der Waals surface area contributed by atoms with Crippen LogP contribution in [0.3, 0.4) is 0 Å². The highest BCUT2D eigenvalue weighted by Gasteiger charge is 2.43. The largest absolute Gasteiger partial charge is 0.324 e. The summed E-state index contributed by atoms with van der Waals surface area (Å²) in [6, 6.07) is 0. The van der Waals surface area contributed by atoms with Crippen LogP contribution in [0.2, 0.25) is 0 Å². The molecule has 3 N–H and O–H groups in total. The molecule has 0 spiro atoms. The molecule has 0 aromatic heterocycles. The maximum atomic E-state index is 5.92. The predicted octanol–water partition coefficient (Wildman–Crippen LogP) is 0.620. The van der Waals surface area contributed by atoms with Gasteiger partial charge in [0.25, 0.3) is 0 Å². The molecule has 0 heterocycles. The van der Waals surface area contributed by atoms with Crippen molar-refractivity contribution in [3.63, 3.8) is 0 Å². The van der Waals surface area contributed by atoms with Crippen LogP contribution in [0.5, 0.6) is 0 Å². The molecular weight excluding hydrogens is 124 g/mol. The van der Waals surface area contributed by atoms with E-state index in [1.54, 1.807) is 0 Å². The van der Waals surface area contributed by atoms with Crippen LogP contribution in [0.25, 0.3) is 0 Å². The molecule has 2 saturated carbocycles. The second-order valence-corrected chi connectivity index (χ2v) is 4.28. The van der Waals surface area contributed by atoms with E-state index in [-0.39, 0.29) is 5.54 Å². The van der Waals surface area contributed by atoms with Crippen molar-refractivity contribution in [2.45, 2.75) is 43.7 Å². The van der Waals surface area contributed by atoms with E-state index in [4.69, 9.17) is 5.73 Å². The van der Waals surface area contributed by atoms with Crippen LogP contribution in [0, 0.1) is 0 Å². The third kappa shape index (κ3) is 1.32. The van der Waals surface area contributed by atoms with E-state index in [1.807, 2.05) is 0 Å². The van der Waals surface area contributed by atoms with Crippen LogP contribution in [0.1, 0.15) is 32.6 Å². The average Bonchev–Trinajstić information content (AvgIpc) is 2.72. The molecule has 2 fully saturated rings. The summed E-state index contributed by atoms with van der Waals surface area (Å²) in [4.78, 5) is 0. The lowest BCUT2D eigenvalue weighted by Crippen LogP contribution is -2.41. The van der Waals surface area contributed by atoms with Gasteiger partial charge < -0.3 is 11.1 Å². The third-order valence-corrected chi connectivity index (χ3v) is 2.76. The summed E-state index contributed by atoms with van der Waals surface area (Å²) in [5.41, 5.74) is 6.57. The Bertz CT molecular complexity index is 127. The maximum Gasteiger partial charge on any atom is 0.0282 e. The van der Waals surface area contributed by atoms with Crippen molar-refractivity contribution in [1.29, 1.82) is 0 Å². The normalized spacial score (nSPS) is 31.8. The van der Waals surface area contributed by atoms with Crippen molar-refractivity contribution in [2.75, 3.05) is 6.54 Å². The Balaban J connectivity index is 1.72. The highest BCUT2D eigenvalue weighted by atomic mass is 15.1. The molecule has 2 nitrogen and oxygen atoms in total. The lowest BCUT2D eigenvalue weighted by molar-refractivity contribution is 0.484. The number of hydrogen-bond donors (Lipinski definition) is 2. The second-order valence-electron chi connectivity index (χ2n) is 4.28. The Kier molecular flexibility index (Phi) is 1.15. The standard InChI is InChI=1S/C8H16N2/c1-7(2-3-7)10-6-8(9)4-5-8/h10H,2-6,9H2,1H3. The Morgan fingerprint density at radius 1 is 1.30 bits per heavy atom. The molecule has 0 aliphatic heterocycles. The topological polar surface area (TPSA) is 38.0 Å². The summed E-state index contributed by atoms with van der Waals surface area (Å²) in [6.45, 7) is 3.31. The van der Waals surface area contributed by atoms with E-state index in [2.05, 4.69) is 12.2 Å². The van der Waals surface area contributed by atoms with E-state index in [1.165, 1.54) is 25.7 Å². The lowest BCUT2D eigenvalue weighted by Gasteiger charge is -2.14. The minimum atomic E-state index is 0.186. The van der Waals surface area contributed by atoms with Gasteiger partial charge in [-0.05, 0) is 32.6 Å². The molecule has 0 unspecified atom stereocenters. The second kappa shape index (κ2) is 1.74. The van der Waals surface area contributed by atoms with Gasteiger partial charge >= 0.3 is 0 Å². The molecule has 0 aromatic rings. The molecule has 10 heavy (non-hydrogen) atoms. The Labute approximate surface area is 62.2 Å². The molecule has 0 atom stereocenters. The van der Waals surface area contributed by atoms with Gasteiger partial charge in [-0.2, -0.15) is 0 Å². The van der Waals surface area contributed by atoms with E-state index in [0.717, 1.165) is 6.54 Å². The predicted molar refractivity (Wildman–Crippen MR) is 41.8 cm³/mol. The monoisotopic (exact) mass is 140 g/mol. The van der Waals surface area contributed by atoms with E-state index >= 15 is 0 Å². The van der Waals surface area contributed by atoms with Crippen LogP contribution in [0.4, 0.5) is 0 Å². The molecule has 2 heteroatoms. The first-order valence-electron chi connectivity index (χ1n) is 4.16. The minimum absolute atomic E-state index is 0.186. The zero-order valence-corrected chi connectivity index (χ0v) is 6.61. The van der Waals surface area contributed by atoms with E-state index < -0.39 is 0 Å². The van der Waals surface area contributed by atoms with Crippen LogP contribution in [-0.4, -0.2) is 17.6 Å². The van der Waals surface area contributed by atoms with Crippen molar-refractivity contribution in [2.24, 2.45) is 5.73 Å². The molecule has 2 rings (SSSR count). The van der Waals surface area contributed by atoms with Crippen LogP contribution in [0.15, 0.2) is 0 Å². The maximum absolute atomic E-state index is 5.92. The SMILES string of the molecule is CC1(NCC2(N)CC2)CC1. The summed E-state index contributed by atoms with van der Waals surface area (Å²) in [6.07, 6.45) is 5.11. The first-order chi connectivity index (χ1) is 4.62. The molecule has 0 bridgehead atoms. The van der Waals surface area contributed by atoms with Crippen molar-refractivity contribution in [3.8, 4) is 0 Å². The fourth-order valence-electron chi connectivity index (χ4n) is 1.09. The molecule has 2 aliphatic rings. The van der Waals surface area contributed by atoms with Gasteiger partial charge in [-0.1, -0.05) is 0 Å². The van der Waals surface area contributed by atoms with Gasteiger partial charge in [0.15, 0.2) is 0 Å². The molecule has 2 aliphatic carbocycles. The fourth-order valence-corrected chi connectivity index (χ4v) is 1.09. The van der Waals surface area contributed by atoms with Gasteiger partial charge in [0.05, 0.1) is 0 Å². The quantitative estimate of drug-likeness (QED) is 0.603. The van der Waals surface area contributed by atoms with Crippen molar-refractivity contribution < 1.29 is 0 Å². The molecule has 0 saturated heterocycles. The Morgan fingerprint density at radius 2 is 1.90 bits per heavy atom. The summed E-state index contributed by atoms with van der Waals surface area (Å²) >= 11 is 0. The van der Waals surface area contributed by atoms with Gasteiger partial charge in [0, 0.05) is 17.6 Å².